The molecule has 0 aliphatic carbocycles. The van der Waals surface area contributed by atoms with Gasteiger partial charge in [0.05, 0.1) is 7.11 Å². The summed E-state index contributed by atoms with van der Waals surface area (Å²) in [6.07, 6.45) is 1.86. The molecule has 0 unspecified atom stereocenters. The second kappa shape index (κ2) is 5.93. The van der Waals surface area contributed by atoms with Crippen LogP contribution in [-0.2, 0) is 0 Å². The number of hydrogen-bond donors (Lipinski definition) is 0. The number of hydrogen-bond acceptors (Lipinski definition) is 4. The van der Waals surface area contributed by atoms with Gasteiger partial charge in [-0.15, -0.1) is 0 Å². The number of para-hydroxylation sites is 1. The SMILES string of the molecule is COc1ccccc1-c1c(C=O)cc(C=O)cc1C=O. The van der Waals surface area contributed by atoms with Gasteiger partial charge in [-0.3, -0.25) is 14.4 Å². The molecule has 2 aromatic rings. The van der Waals surface area contributed by atoms with E-state index in [1.807, 2.05) is 0 Å². The Balaban J connectivity index is 2.81. The molecule has 0 amide bonds. The Labute approximate surface area is 116 Å². The van der Waals surface area contributed by atoms with Crippen molar-refractivity contribution in [1.29, 1.82) is 0 Å². The van der Waals surface area contributed by atoms with Crippen molar-refractivity contribution in [3.8, 4) is 16.9 Å². The maximum Gasteiger partial charge on any atom is 0.150 e. The van der Waals surface area contributed by atoms with Gasteiger partial charge >= 0.3 is 0 Å². The third kappa shape index (κ3) is 2.36. The van der Waals surface area contributed by atoms with Gasteiger partial charge in [-0.25, -0.2) is 0 Å². The first-order valence-corrected chi connectivity index (χ1v) is 5.92. The first-order valence-electron chi connectivity index (χ1n) is 5.92. The average molecular weight is 268 g/mol. The van der Waals surface area contributed by atoms with Gasteiger partial charge in [0.2, 0.25) is 0 Å². The highest BCUT2D eigenvalue weighted by molar-refractivity contribution is 6.00. The molecule has 0 radical (unpaired) electrons. The summed E-state index contributed by atoms with van der Waals surface area (Å²) in [4.78, 5) is 33.4. The van der Waals surface area contributed by atoms with Gasteiger partial charge in [0.1, 0.15) is 12.0 Å². The third-order valence-corrected chi connectivity index (χ3v) is 2.99. The molecule has 0 aromatic heterocycles. The Kier molecular flexibility index (Phi) is 4.05. The standard InChI is InChI=1S/C16H12O4/c1-20-15-5-3-2-4-14(15)16-12(9-18)6-11(8-17)7-13(16)10-19/h2-10H,1H3. The zero-order chi connectivity index (χ0) is 14.5. The number of benzene rings is 2. The Morgan fingerprint density at radius 2 is 1.50 bits per heavy atom. The Morgan fingerprint density at radius 3 is 2.00 bits per heavy atom. The lowest BCUT2D eigenvalue weighted by molar-refractivity contribution is 0.112. The number of aldehydes is 3. The van der Waals surface area contributed by atoms with Crippen LogP contribution >= 0.6 is 0 Å². The molecule has 4 heteroatoms. The number of ether oxygens (including phenoxy) is 1. The second-order valence-electron chi connectivity index (χ2n) is 4.13. The lowest BCUT2D eigenvalue weighted by atomic mass is 9.93. The van der Waals surface area contributed by atoms with E-state index in [4.69, 9.17) is 4.74 Å². The van der Waals surface area contributed by atoms with Gasteiger partial charge < -0.3 is 4.74 Å². The van der Waals surface area contributed by atoms with Crippen molar-refractivity contribution >= 4 is 18.9 Å². The molecule has 2 aromatic carbocycles. The highest BCUT2D eigenvalue weighted by Crippen LogP contribution is 2.34. The van der Waals surface area contributed by atoms with Gasteiger partial charge in [0.25, 0.3) is 0 Å². The van der Waals surface area contributed by atoms with Crippen molar-refractivity contribution < 1.29 is 19.1 Å². The van der Waals surface area contributed by atoms with Crippen LogP contribution in [0.3, 0.4) is 0 Å². The molecule has 0 fully saturated rings. The fourth-order valence-corrected chi connectivity index (χ4v) is 2.13. The predicted molar refractivity (Wildman–Crippen MR) is 74.6 cm³/mol. The van der Waals surface area contributed by atoms with E-state index < -0.39 is 0 Å². The lowest BCUT2D eigenvalue weighted by Gasteiger charge is -2.13. The first kappa shape index (κ1) is 13.7. The molecule has 0 atom stereocenters. The second-order valence-corrected chi connectivity index (χ2v) is 4.13. The molecular formula is C16H12O4. The smallest absolute Gasteiger partial charge is 0.150 e. The van der Waals surface area contributed by atoms with Crippen molar-refractivity contribution in [2.45, 2.75) is 0 Å². The Morgan fingerprint density at radius 1 is 0.900 bits per heavy atom. The fraction of sp³-hybridized carbons (Fsp3) is 0.0625. The van der Waals surface area contributed by atoms with Crippen LogP contribution in [0, 0.1) is 0 Å². The average Bonchev–Trinajstić information content (AvgIpc) is 2.53. The molecule has 0 aliphatic rings. The number of methoxy groups -OCH3 is 1. The van der Waals surface area contributed by atoms with Crippen molar-refractivity contribution in [3.05, 3.63) is 53.1 Å². The van der Waals surface area contributed by atoms with Crippen molar-refractivity contribution in [3.63, 3.8) is 0 Å². The van der Waals surface area contributed by atoms with E-state index in [-0.39, 0.29) is 16.7 Å². The summed E-state index contributed by atoms with van der Waals surface area (Å²) in [5, 5.41) is 0. The summed E-state index contributed by atoms with van der Waals surface area (Å²) in [7, 11) is 1.51. The van der Waals surface area contributed by atoms with Crippen molar-refractivity contribution in [1.82, 2.24) is 0 Å². The molecule has 0 saturated heterocycles. The van der Waals surface area contributed by atoms with E-state index in [0.29, 0.717) is 35.7 Å². The molecule has 0 N–H and O–H groups in total. The Hall–Kier alpha value is -2.75. The molecule has 0 aliphatic heterocycles. The molecule has 2 rings (SSSR count). The van der Waals surface area contributed by atoms with Gasteiger partial charge in [0.15, 0.2) is 12.6 Å². The number of rotatable bonds is 5. The molecule has 0 bridgehead atoms. The van der Waals surface area contributed by atoms with E-state index >= 15 is 0 Å². The zero-order valence-electron chi connectivity index (χ0n) is 10.8. The minimum Gasteiger partial charge on any atom is -0.496 e. The quantitative estimate of drug-likeness (QED) is 0.782. The van der Waals surface area contributed by atoms with Crippen LogP contribution in [0.4, 0.5) is 0 Å². The molecule has 4 nitrogen and oxygen atoms in total. The molecule has 100 valence electrons. The number of carbonyl (C=O) groups is 3. The zero-order valence-corrected chi connectivity index (χ0v) is 10.8. The largest absolute Gasteiger partial charge is 0.496 e. The van der Waals surface area contributed by atoms with Crippen LogP contribution in [0.15, 0.2) is 36.4 Å². The minimum absolute atomic E-state index is 0.279. The van der Waals surface area contributed by atoms with Gasteiger partial charge in [-0.2, -0.15) is 0 Å². The van der Waals surface area contributed by atoms with Crippen LogP contribution in [0.2, 0.25) is 0 Å². The van der Waals surface area contributed by atoms with Crippen LogP contribution in [-0.4, -0.2) is 26.0 Å². The third-order valence-electron chi connectivity index (χ3n) is 2.99. The highest BCUT2D eigenvalue weighted by atomic mass is 16.5. The molecule has 20 heavy (non-hydrogen) atoms. The normalized spacial score (nSPS) is 9.85. The van der Waals surface area contributed by atoms with Gasteiger partial charge in [-0.1, -0.05) is 18.2 Å². The van der Waals surface area contributed by atoms with Crippen LogP contribution < -0.4 is 4.74 Å². The number of carbonyl (C=O) groups excluding carboxylic acids is 3. The van der Waals surface area contributed by atoms with E-state index in [9.17, 15) is 14.4 Å². The van der Waals surface area contributed by atoms with Gasteiger partial charge in [-0.05, 0) is 18.2 Å². The summed E-state index contributed by atoms with van der Waals surface area (Å²) in [5.74, 6) is 0.553. The summed E-state index contributed by atoms with van der Waals surface area (Å²) < 4.78 is 5.25. The summed E-state index contributed by atoms with van der Waals surface area (Å²) >= 11 is 0. The molecule has 0 heterocycles. The van der Waals surface area contributed by atoms with E-state index in [0.717, 1.165) is 0 Å². The molecule has 0 saturated carbocycles. The summed E-state index contributed by atoms with van der Waals surface area (Å²) in [6, 6.07) is 9.99. The van der Waals surface area contributed by atoms with Crippen molar-refractivity contribution in [2.24, 2.45) is 0 Å². The van der Waals surface area contributed by atoms with E-state index in [1.165, 1.54) is 19.2 Å². The Bertz CT molecular complexity index is 645. The monoisotopic (exact) mass is 268 g/mol. The van der Waals surface area contributed by atoms with Crippen LogP contribution in [0.1, 0.15) is 31.1 Å². The summed E-state index contributed by atoms with van der Waals surface area (Å²) in [5.41, 5.74) is 1.95. The maximum absolute atomic E-state index is 11.3. The van der Waals surface area contributed by atoms with E-state index in [1.54, 1.807) is 24.3 Å². The van der Waals surface area contributed by atoms with Crippen molar-refractivity contribution in [2.75, 3.05) is 7.11 Å². The molecular weight excluding hydrogens is 256 g/mol. The van der Waals surface area contributed by atoms with Gasteiger partial charge in [0, 0.05) is 27.8 Å². The summed E-state index contributed by atoms with van der Waals surface area (Å²) in [6.45, 7) is 0. The first-order chi connectivity index (χ1) is 9.74. The molecule has 0 spiro atoms. The maximum atomic E-state index is 11.3. The predicted octanol–water partition coefficient (Wildman–Crippen LogP) is 2.80. The topological polar surface area (TPSA) is 60.4 Å². The van der Waals surface area contributed by atoms with E-state index in [2.05, 4.69) is 0 Å². The van der Waals surface area contributed by atoms with Crippen LogP contribution in [0.5, 0.6) is 5.75 Å². The highest BCUT2D eigenvalue weighted by Gasteiger charge is 2.15. The van der Waals surface area contributed by atoms with Crippen LogP contribution in [0.25, 0.3) is 11.1 Å². The minimum atomic E-state index is 0.279. The lowest BCUT2D eigenvalue weighted by Crippen LogP contribution is -1.99. The fourth-order valence-electron chi connectivity index (χ4n) is 2.13.